The van der Waals surface area contributed by atoms with Crippen LogP contribution in [0.5, 0.6) is 0 Å². The van der Waals surface area contributed by atoms with Crippen LogP contribution in [0.1, 0.15) is 6.42 Å². The van der Waals surface area contributed by atoms with Crippen molar-refractivity contribution in [3.05, 3.63) is 12.2 Å². The Morgan fingerprint density at radius 1 is 1.80 bits per heavy atom. The Balaban J connectivity index is 2.46. The van der Waals surface area contributed by atoms with Crippen LogP contribution in [0, 0.1) is 0 Å². The minimum atomic E-state index is -0.619. The molecule has 1 radical (unpaired) electrons. The summed E-state index contributed by atoms with van der Waals surface area (Å²) in [6, 6.07) is 0. The Hall–Kier alpha value is 0.0801. The van der Waals surface area contributed by atoms with E-state index in [1.54, 1.807) is 0 Å². The summed E-state index contributed by atoms with van der Waals surface area (Å²) in [5.74, 6) is -0.0165. The third kappa shape index (κ3) is 2.04. The van der Waals surface area contributed by atoms with Gasteiger partial charge in [-0.05, 0) is 0 Å². The van der Waals surface area contributed by atoms with Crippen LogP contribution >= 0.6 is 0 Å². The Labute approximate surface area is 72.0 Å². The standard InChI is InChI=1S/C7H10O2.In/c1-3-4-5-6-7(8)9-2;/h4-6H,1,3H2,2H3;. The third-order valence-electron chi connectivity index (χ3n) is 1.57. The molecule has 0 aromatic rings. The quantitative estimate of drug-likeness (QED) is 0.506. The first kappa shape index (κ1) is 8.18. The van der Waals surface area contributed by atoms with Crippen LogP contribution in [0.15, 0.2) is 12.2 Å². The summed E-state index contributed by atoms with van der Waals surface area (Å²) in [6.07, 6.45) is 5.31. The molecule has 0 spiro atoms. The van der Waals surface area contributed by atoms with E-state index in [4.69, 9.17) is 0 Å². The second kappa shape index (κ2) is 4.06. The van der Waals surface area contributed by atoms with Crippen molar-refractivity contribution in [2.45, 2.75) is 14.3 Å². The molecule has 1 atom stereocenters. The molecule has 2 nitrogen and oxygen atoms in total. The fourth-order valence-electron chi connectivity index (χ4n) is 1.00. The molecule has 3 heteroatoms. The summed E-state index contributed by atoms with van der Waals surface area (Å²) < 4.78 is 6.16. The monoisotopic (exact) mass is 241 g/mol. The number of allylic oxidation sites excluding steroid dienone is 1. The van der Waals surface area contributed by atoms with E-state index < -0.39 is 22.9 Å². The maximum atomic E-state index is 10.9. The molecule has 0 N–H and O–H groups in total. The van der Waals surface area contributed by atoms with E-state index in [1.807, 2.05) is 6.08 Å². The van der Waals surface area contributed by atoms with E-state index in [1.165, 1.54) is 17.7 Å². The molecular weight excluding hydrogens is 231 g/mol. The Bertz CT molecular complexity index is 154. The van der Waals surface area contributed by atoms with E-state index in [2.05, 4.69) is 10.8 Å². The van der Waals surface area contributed by atoms with Crippen LogP contribution in [0.4, 0.5) is 0 Å². The van der Waals surface area contributed by atoms with Crippen LogP contribution < -0.4 is 0 Å². The second-order valence-corrected chi connectivity index (χ2v) is 7.33. The summed E-state index contributed by atoms with van der Waals surface area (Å²) >= 11 is -0.619. The zero-order chi connectivity index (χ0) is 7.40. The van der Waals surface area contributed by atoms with Gasteiger partial charge in [-0.1, -0.05) is 0 Å². The SMILES string of the molecule is COC(=O)[CH]1C=CC[CH2][In]1. The number of hydrogen-bond donors (Lipinski definition) is 0. The molecule has 0 aromatic carbocycles. The molecule has 0 aromatic heterocycles. The molecule has 0 fully saturated rings. The van der Waals surface area contributed by atoms with E-state index in [0.717, 1.165) is 0 Å². The Morgan fingerprint density at radius 3 is 3.10 bits per heavy atom. The number of methoxy groups -OCH3 is 1. The molecule has 10 heavy (non-hydrogen) atoms. The predicted molar refractivity (Wildman–Crippen MR) is 40.1 cm³/mol. The van der Waals surface area contributed by atoms with E-state index in [-0.39, 0.29) is 9.64 Å². The van der Waals surface area contributed by atoms with Gasteiger partial charge in [0.05, 0.1) is 0 Å². The first-order valence-electron chi connectivity index (χ1n) is 3.42. The summed E-state index contributed by atoms with van der Waals surface area (Å²) in [7, 11) is 1.47. The second-order valence-electron chi connectivity index (χ2n) is 2.29. The van der Waals surface area contributed by atoms with Crippen molar-refractivity contribution in [2.75, 3.05) is 7.11 Å². The Morgan fingerprint density at radius 2 is 2.60 bits per heavy atom. The van der Waals surface area contributed by atoms with Gasteiger partial charge in [-0.15, -0.1) is 0 Å². The summed E-state index contributed by atoms with van der Waals surface area (Å²) in [5, 5.41) is 0. The molecule has 0 saturated heterocycles. The zero-order valence-electron chi connectivity index (χ0n) is 6.04. The molecule has 0 amide bonds. The van der Waals surface area contributed by atoms with Crippen molar-refractivity contribution in [2.24, 2.45) is 0 Å². The van der Waals surface area contributed by atoms with Crippen molar-refractivity contribution < 1.29 is 9.53 Å². The molecule has 1 aliphatic heterocycles. The molecule has 1 unspecified atom stereocenters. The zero-order valence-corrected chi connectivity index (χ0v) is 9.34. The van der Waals surface area contributed by atoms with Gasteiger partial charge in [-0.2, -0.15) is 0 Å². The van der Waals surface area contributed by atoms with Crippen LogP contribution in [-0.2, 0) is 9.53 Å². The summed E-state index contributed by atoms with van der Waals surface area (Å²) in [4.78, 5) is 10.9. The number of ether oxygens (including phenoxy) is 1. The van der Waals surface area contributed by atoms with Crippen LogP contribution in [-0.4, -0.2) is 36.0 Å². The molecule has 0 saturated carbocycles. The first-order chi connectivity index (χ1) is 4.84. The normalized spacial score (nSPS) is 23.5. The number of carbonyl (C=O) groups is 1. The Kier molecular flexibility index (Phi) is 3.32. The number of esters is 1. The van der Waals surface area contributed by atoms with Crippen LogP contribution in [0.2, 0.25) is 7.85 Å². The summed E-state index contributed by atoms with van der Waals surface area (Å²) in [5.41, 5.74) is 0. The third-order valence-corrected chi connectivity index (χ3v) is 6.33. The van der Waals surface area contributed by atoms with E-state index in [0.29, 0.717) is 0 Å². The van der Waals surface area contributed by atoms with Gasteiger partial charge >= 0.3 is 71.9 Å². The molecule has 53 valence electrons. The van der Waals surface area contributed by atoms with Crippen molar-refractivity contribution in [1.29, 1.82) is 0 Å². The number of carbonyl (C=O) groups excluding carboxylic acids is 1. The van der Waals surface area contributed by atoms with Gasteiger partial charge in [0.25, 0.3) is 0 Å². The van der Waals surface area contributed by atoms with Crippen LogP contribution in [0.25, 0.3) is 0 Å². The molecule has 0 bridgehead atoms. The van der Waals surface area contributed by atoms with Crippen molar-refractivity contribution in [3.8, 4) is 0 Å². The molecule has 0 aliphatic carbocycles. The molecule has 1 rings (SSSR count). The van der Waals surface area contributed by atoms with E-state index in [9.17, 15) is 4.79 Å². The van der Waals surface area contributed by atoms with Gasteiger partial charge < -0.3 is 0 Å². The maximum absolute atomic E-state index is 10.9. The minimum absolute atomic E-state index is 0.0165. The first-order valence-corrected chi connectivity index (χ1v) is 7.65. The van der Waals surface area contributed by atoms with Gasteiger partial charge in [0.15, 0.2) is 0 Å². The molecular formula is C7H10InO2. The number of hydrogen-bond acceptors (Lipinski definition) is 2. The predicted octanol–water partition coefficient (Wildman–Crippen LogP) is 1.03. The van der Waals surface area contributed by atoms with Gasteiger partial charge in [0, 0.05) is 0 Å². The van der Waals surface area contributed by atoms with Gasteiger partial charge in [0.1, 0.15) is 0 Å². The average Bonchev–Trinajstić information content (AvgIpc) is 2.05. The van der Waals surface area contributed by atoms with Gasteiger partial charge in [-0.3, -0.25) is 0 Å². The van der Waals surface area contributed by atoms with Crippen LogP contribution in [0.3, 0.4) is 0 Å². The molecule has 1 aliphatic rings. The fourth-order valence-corrected chi connectivity index (χ4v) is 4.96. The number of rotatable bonds is 1. The fraction of sp³-hybridized carbons (Fsp3) is 0.571. The average molecular weight is 241 g/mol. The van der Waals surface area contributed by atoms with Crippen molar-refractivity contribution >= 4 is 28.9 Å². The van der Waals surface area contributed by atoms with Gasteiger partial charge in [-0.25, -0.2) is 0 Å². The summed E-state index contributed by atoms with van der Waals surface area (Å²) in [6.45, 7) is 0. The molecule has 1 heterocycles. The van der Waals surface area contributed by atoms with Crippen molar-refractivity contribution in [3.63, 3.8) is 0 Å². The van der Waals surface area contributed by atoms with Gasteiger partial charge in [0.2, 0.25) is 0 Å². The van der Waals surface area contributed by atoms with Crippen molar-refractivity contribution in [1.82, 2.24) is 0 Å². The van der Waals surface area contributed by atoms with E-state index >= 15 is 0 Å². The topological polar surface area (TPSA) is 26.3 Å².